The zero-order chi connectivity index (χ0) is 18.5. The second-order valence-corrected chi connectivity index (χ2v) is 6.36. The molecule has 1 heterocycles. The third-order valence-corrected chi connectivity index (χ3v) is 4.38. The molecular weight excluding hydrogens is 322 g/mol. The summed E-state index contributed by atoms with van der Waals surface area (Å²) in [6, 6.07) is 17.9. The van der Waals surface area contributed by atoms with Crippen molar-refractivity contribution in [1.82, 2.24) is 9.97 Å². The minimum atomic E-state index is -0.0911. The van der Waals surface area contributed by atoms with Gasteiger partial charge in [-0.3, -0.25) is 4.79 Å². The highest BCUT2D eigenvalue weighted by Crippen LogP contribution is 2.25. The van der Waals surface area contributed by atoms with Crippen LogP contribution < -0.4 is 5.56 Å². The van der Waals surface area contributed by atoms with Crippen LogP contribution >= 0.6 is 0 Å². The molecule has 26 heavy (non-hydrogen) atoms. The topological polar surface area (TPSA) is 69.5 Å². The Morgan fingerprint density at radius 2 is 1.92 bits per heavy atom. The Morgan fingerprint density at radius 1 is 1.15 bits per heavy atom. The molecule has 0 atom stereocenters. The third-order valence-electron chi connectivity index (χ3n) is 4.38. The molecule has 3 rings (SSSR count). The van der Waals surface area contributed by atoms with E-state index in [1.807, 2.05) is 48.5 Å². The van der Waals surface area contributed by atoms with Gasteiger partial charge in [-0.1, -0.05) is 55.8 Å². The Hall–Kier alpha value is -3.19. The van der Waals surface area contributed by atoms with E-state index < -0.39 is 0 Å². The fourth-order valence-electron chi connectivity index (χ4n) is 3.16. The SMILES string of the molecule is CCCc1nc(C)[nH]c(=O)c1Cc1ccc(-c2ccccc2)c(C#N)c1. The van der Waals surface area contributed by atoms with Gasteiger partial charge in [-0.2, -0.15) is 5.26 Å². The van der Waals surface area contributed by atoms with Gasteiger partial charge < -0.3 is 4.98 Å². The van der Waals surface area contributed by atoms with Crippen LogP contribution in [0.25, 0.3) is 11.1 Å². The van der Waals surface area contributed by atoms with Crippen molar-refractivity contribution in [2.24, 2.45) is 0 Å². The van der Waals surface area contributed by atoms with Gasteiger partial charge in [-0.25, -0.2) is 4.98 Å². The summed E-state index contributed by atoms with van der Waals surface area (Å²) in [4.78, 5) is 19.7. The molecule has 2 aromatic carbocycles. The molecule has 0 amide bonds. The lowest BCUT2D eigenvalue weighted by Crippen LogP contribution is -2.19. The summed E-state index contributed by atoms with van der Waals surface area (Å²) >= 11 is 0. The molecule has 0 spiro atoms. The average molecular weight is 343 g/mol. The zero-order valence-corrected chi connectivity index (χ0v) is 15.0. The molecule has 0 aliphatic rings. The maximum absolute atomic E-state index is 12.4. The van der Waals surface area contributed by atoms with E-state index in [1.165, 1.54) is 0 Å². The fraction of sp³-hybridized carbons (Fsp3) is 0.227. The molecule has 0 fully saturated rings. The van der Waals surface area contributed by atoms with E-state index in [-0.39, 0.29) is 5.56 Å². The number of nitrogens with one attached hydrogen (secondary N) is 1. The standard InChI is InChI=1S/C22H21N3O/c1-3-7-21-20(22(26)25-15(2)24-21)13-16-10-11-19(18(12-16)14-23)17-8-5-4-6-9-17/h4-6,8-12H,3,7,13H2,1-2H3,(H,24,25,26). The number of nitriles is 1. The van der Waals surface area contributed by atoms with Gasteiger partial charge in [-0.05, 0) is 36.1 Å². The molecule has 4 heteroatoms. The normalized spacial score (nSPS) is 10.5. The Labute approximate surface area is 153 Å². The van der Waals surface area contributed by atoms with Crippen LogP contribution in [-0.2, 0) is 12.8 Å². The number of rotatable bonds is 5. The summed E-state index contributed by atoms with van der Waals surface area (Å²) < 4.78 is 0. The number of H-pyrrole nitrogens is 1. The molecule has 0 radical (unpaired) electrons. The summed E-state index contributed by atoms with van der Waals surface area (Å²) in [6.45, 7) is 3.87. The van der Waals surface area contributed by atoms with Gasteiger partial charge in [0.15, 0.2) is 0 Å². The first-order valence-electron chi connectivity index (χ1n) is 8.79. The summed E-state index contributed by atoms with van der Waals surface area (Å²) in [5.41, 5.74) is 4.91. The molecule has 0 saturated heterocycles. The van der Waals surface area contributed by atoms with E-state index in [9.17, 15) is 10.1 Å². The number of hydrogen-bond donors (Lipinski definition) is 1. The Balaban J connectivity index is 2.00. The monoisotopic (exact) mass is 343 g/mol. The molecule has 0 aliphatic heterocycles. The quantitative estimate of drug-likeness (QED) is 0.756. The van der Waals surface area contributed by atoms with E-state index in [0.29, 0.717) is 23.4 Å². The Kier molecular flexibility index (Phi) is 5.28. The molecular formula is C22H21N3O. The average Bonchev–Trinajstić information content (AvgIpc) is 2.65. The van der Waals surface area contributed by atoms with Crippen molar-refractivity contribution in [1.29, 1.82) is 5.26 Å². The highest BCUT2D eigenvalue weighted by molar-refractivity contribution is 5.71. The van der Waals surface area contributed by atoms with E-state index in [2.05, 4.69) is 23.0 Å². The largest absolute Gasteiger partial charge is 0.311 e. The highest BCUT2D eigenvalue weighted by Gasteiger charge is 2.12. The van der Waals surface area contributed by atoms with Crippen LogP contribution in [0.2, 0.25) is 0 Å². The van der Waals surface area contributed by atoms with Crippen molar-refractivity contribution in [3.63, 3.8) is 0 Å². The van der Waals surface area contributed by atoms with Crippen LogP contribution in [0.5, 0.6) is 0 Å². The number of nitrogens with zero attached hydrogens (tertiary/aromatic N) is 2. The lowest BCUT2D eigenvalue weighted by Gasteiger charge is -2.10. The van der Waals surface area contributed by atoms with Crippen molar-refractivity contribution >= 4 is 0 Å². The van der Waals surface area contributed by atoms with E-state index in [1.54, 1.807) is 6.92 Å². The van der Waals surface area contributed by atoms with Gasteiger partial charge in [0.25, 0.3) is 5.56 Å². The highest BCUT2D eigenvalue weighted by atomic mass is 16.1. The predicted molar refractivity (Wildman–Crippen MR) is 103 cm³/mol. The molecule has 4 nitrogen and oxygen atoms in total. The molecule has 1 N–H and O–H groups in total. The third kappa shape index (κ3) is 3.73. The van der Waals surface area contributed by atoms with Gasteiger partial charge in [0.1, 0.15) is 5.82 Å². The van der Waals surface area contributed by atoms with E-state index in [4.69, 9.17) is 0 Å². The Bertz CT molecular complexity index is 1010. The van der Waals surface area contributed by atoms with Gasteiger partial charge in [-0.15, -0.1) is 0 Å². The maximum Gasteiger partial charge on any atom is 0.254 e. The van der Waals surface area contributed by atoms with Crippen LogP contribution in [0.1, 0.15) is 41.6 Å². The lowest BCUT2D eigenvalue weighted by atomic mass is 9.95. The first-order valence-corrected chi connectivity index (χ1v) is 8.79. The molecule has 0 unspecified atom stereocenters. The lowest BCUT2D eigenvalue weighted by molar-refractivity contribution is 0.820. The number of aryl methyl sites for hydroxylation is 2. The Morgan fingerprint density at radius 3 is 2.62 bits per heavy atom. The molecule has 3 aromatic rings. The van der Waals surface area contributed by atoms with Gasteiger partial charge in [0, 0.05) is 12.0 Å². The smallest absolute Gasteiger partial charge is 0.254 e. The molecule has 130 valence electrons. The molecule has 0 saturated carbocycles. The molecule has 0 bridgehead atoms. The molecule has 0 aliphatic carbocycles. The van der Waals surface area contributed by atoms with Gasteiger partial charge >= 0.3 is 0 Å². The maximum atomic E-state index is 12.4. The number of aromatic nitrogens is 2. The number of hydrogen-bond acceptors (Lipinski definition) is 3. The van der Waals surface area contributed by atoms with Crippen molar-refractivity contribution in [2.75, 3.05) is 0 Å². The van der Waals surface area contributed by atoms with Crippen molar-refractivity contribution in [3.05, 3.63) is 87.1 Å². The van der Waals surface area contributed by atoms with Crippen LogP contribution in [0.15, 0.2) is 53.3 Å². The summed E-state index contributed by atoms with van der Waals surface area (Å²) in [7, 11) is 0. The number of benzene rings is 2. The first-order chi connectivity index (χ1) is 12.6. The summed E-state index contributed by atoms with van der Waals surface area (Å²) in [5, 5.41) is 9.57. The predicted octanol–water partition coefficient (Wildman–Crippen LogP) is 4.16. The molecule has 1 aromatic heterocycles. The number of aromatic amines is 1. The van der Waals surface area contributed by atoms with Gasteiger partial charge in [0.2, 0.25) is 0 Å². The fourth-order valence-corrected chi connectivity index (χ4v) is 3.16. The van der Waals surface area contributed by atoms with E-state index in [0.717, 1.165) is 35.2 Å². The minimum Gasteiger partial charge on any atom is -0.311 e. The van der Waals surface area contributed by atoms with Crippen LogP contribution in [0.4, 0.5) is 0 Å². The minimum absolute atomic E-state index is 0.0911. The van der Waals surface area contributed by atoms with Gasteiger partial charge in [0.05, 0.1) is 17.3 Å². The summed E-state index contributed by atoms with van der Waals surface area (Å²) in [5.74, 6) is 0.638. The van der Waals surface area contributed by atoms with Crippen LogP contribution in [0.3, 0.4) is 0 Å². The van der Waals surface area contributed by atoms with Crippen molar-refractivity contribution < 1.29 is 0 Å². The second kappa shape index (κ2) is 7.79. The zero-order valence-electron chi connectivity index (χ0n) is 15.0. The summed E-state index contributed by atoms with van der Waals surface area (Å²) in [6.07, 6.45) is 2.17. The van der Waals surface area contributed by atoms with Crippen molar-refractivity contribution in [2.45, 2.75) is 33.1 Å². The van der Waals surface area contributed by atoms with Crippen molar-refractivity contribution in [3.8, 4) is 17.2 Å². The second-order valence-electron chi connectivity index (χ2n) is 6.36. The van der Waals surface area contributed by atoms with Crippen LogP contribution in [-0.4, -0.2) is 9.97 Å². The van der Waals surface area contributed by atoms with E-state index >= 15 is 0 Å². The van der Waals surface area contributed by atoms with Crippen LogP contribution in [0, 0.1) is 18.3 Å². The first kappa shape index (κ1) is 17.6.